The van der Waals surface area contributed by atoms with Gasteiger partial charge in [-0.05, 0) is 18.2 Å². The summed E-state index contributed by atoms with van der Waals surface area (Å²) < 4.78 is 5.54. The minimum Gasteiger partial charge on any atom is -0.462 e. The smallest absolute Gasteiger partial charge is 0.144 e. The van der Waals surface area contributed by atoms with Gasteiger partial charge < -0.3 is 15.1 Å². The molecular formula is C14H14N4O. The van der Waals surface area contributed by atoms with Crippen LogP contribution in [-0.4, -0.2) is 17.0 Å². The molecule has 0 bridgehead atoms. The number of hydrogen-bond donors (Lipinski definition) is 1. The van der Waals surface area contributed by atoms with Gasteiger partial charge in [0.25, 0.3) is 0 Å². The molecule has 0 amide bonds. The highest BCUT2D eigenvalue weighted by Crippen LogP contribution is 2.31. The molecule has 0 saturated heterocycles. The van der Waals surface area contributed by atoms with Crippen LogP contribution in [0.4, 0.5) is 11.5 Å². The Balaban J connectivity index is 2.05. The van der Waals surface area contributed by atoms with Crippen molar-refractivity contribution in [2.24, 2.45) is 5.73 Å². The molecule has 0 unspecified atom stereocenters. The Hall–Kier alpha value is -2.40. The van der Waals surface area contributed by atoms with Crippen molar-refractivity contribution < 1.29 is 4.42 Å². The van der Waals surface area contributed by atoms with E-state index in [1.807, 2.05) is 42.3 Å². The molecule has 0 fully saturated rings. The molecule has 1 aromatic carbocycles. The van der Waals surface area contributed by atoms with Crippen molar-refractivity contribution in [2.45, 2.75) is 6.54 Å². The lowest BCUT2D eigenvalue weighted by atomic mass is 10.2. The molecule has 0 spiro atoms. The molecule has 5 heteroatoms. The summed E-state index contributed by atoms with van der Waals surface area (Å²) in [6, 6.07) is 9.75. The Morgan fingerprint density at radius 2 is 2.11 bits per heavy atom. The summed E-state index contributed by atoms with van der Waals surface area (Å²) in [5.41, 5.74) is 7.39. The number of nitrogens with two attached hydrogens (primary N) is 1. The zero-order valence-electron chi connectivity index (χ0n) is 10.6. The number of hydrogen-bond acceptors (Lipinski definition) is 5. The third-order valence-electron chi connectivity index (χ3n) is 3.04. The molecular weight excluding hydrogens is 240 g/mol. The first-order valence-corrected chi connectivity index (χ1v) is 6.01. The predicted octanol–water partition coefficient (Wildman–Crippen LogP) is 2.45. The third-order valence-corrected chi connectivity index (χ3v) is 3.04. The van der Waals surface area contributed by atoms with E-state index < -0.39 is 0 Å². The van der Waals surface area contributed by atoms with Crippen molar-refractivity contribution in [1.29, 1.82) is 0 Å². The summed E-state index contributed by atoms with van der Waals surface area (Å²) in [6.07, 6.45) is 3.44. The van der Waals surface area contributed by atoms with E-state index in [0.717, 1.165) is 22.5 Å². The van der Waals surface area contributed by atoms with Crippen LogP contribution in [0.1, 0.15) is 5.82 Å². The van der Waals surface area contributed by atoms with Gasteiger partial charge in [0.05, 0.1) is 12.2 Å². The molecule has 0 aliphatic rings. The van der Waals surface area contributed by atoms with Crippen LogP contribution >= 0.6 is 0 Å². The molecule has 0 saturated carbocycles. The van der Waals surface area contributed by atoms with E-state index in [4.69, 9.17) is 10.2 Å². The maximum atomic E-state index is 5.57. The van der Waals surface area contributed by atoms with Gasteiger partial charge >= 0.3 is 0 Å². The van der Waals surface area contributed by atoms with E-state index in [9.17, 15) is 0 Å². The summed E-state index contributed by atoms with van der Waals surface area (Å²) in [6.45, 7) is 0.327. The van der Waals surface area contributed by atoms with Crippen LogP contribution < -0.4 is 10.6 Å². The van der Waals surface area contributed by atoms with Crippen molar-refractivity contribution in [3.05, 3.63) is 48.6 Å². The standard InChI is InChI=1S/C14H14N4O/c1-18(14-6-7-16-13(8-15)17-14)11-9-19-12-5-3-2-4-10(11)12/h2-7,9H,8,15H2,1H3. The minimum absolute atomic E-state index is 0.327. The zero-order chi connectivity index (χ0) is 13.2. The van der Waals surface area contributed by atoms with Gasteiger partial charge in [-0.1, -0.05) is 12.1 Å². The van der Waals surface area contributed by atoms with Gasteiger partial charge in [0.15, 0.2) is 0 Å². The van der Waals surface area contributed by atoms with Crippen molar-refractivity contribution in [2.75, 3.05) is 11.9 Å². The minimum atomic E-state index is 0.327. The number of anilines is 2. The average Bonchev–Trinajstić information content (AvgIpc) is 2.90. The zero-order valence-corrected chi connectivity index (χ0v) is 10.6. The second-order valence-corrected chi connectivity index (χ2v) is 4.21. The molecule has 0 atom stereocenters. The third kappa shape index (κ3) is 2.04. The fourth-order valence-electron chi connectivity index (χ4n) is 2.02. The van der Waals surface area contributed by atoms with Crippen LogP contribution in [0.15, 0.2) is 47.2 Å². The summed E-state index contributed by atoms with van der Waals surface area (Å²) in [5.74, 6) is 1.42. The lowest BCUT2D eigenvalue weighted by Gasteiger charge is -2.16. The number of rotatable bonds is 3. The lowest BCUT2D eigenvalue weighted by Crippen LogP contribution is -2.13. The summed E-state index contributed by atoms with van der Waals surface area (Å²) in [7, 11) is 1.94. The first kappa shape index (κ1) is 11.7. The number of aromatic nitrogens is 2. The Labute approximate surface area is 110 Å². The van der Waals surface area contributed by atoms with Crippen LogP contribution in [0, 0.1) is 0 Å². The second-order valence-electron chi connectivity index (χ2n) is 4.21. The largest absolute Gasteiger partial charge is 0.462 e. The molecule has 2 N–H and O–H groups in total. The predicted molar refractivity (Wildman–Crippen MR) is 74.2 cm³/mol. The van der Waals surface area contributed by atoms with Gasteiger partial charge in [-0.3, -0.25) is 0 Å². The number of nitrogens with zero attached hydrogens (tertiary/aromatic N) is 3. The quantitative estimate of drug-likeness (QED) is 0.777. The maximum absolute atomic E-state index is 5.57. The van der Waals surface area contributed by atoms with E-state index in [1.165, 1.54) is 0 Å². The summed E-state index contributed by atoms with van der Waals surface area (Å²) in [5, 5.41) is 1.05. The number of benzene rings is 1. The van der Waals surface area contributed by atoms with Crippen molar-refractivity contribution >= 4 is 22.5 Å². The Morgan fingerprint density at radius 1 is 1.26 bits per heavy atom. The van der Waals surface area contributed by atoms with Crippen LogP contribution in [0.5, 0.6) is 0 Å². The van der Waals surface area contributed by atoms with Crippen LogP contribution in [0.25, 0.3) is 11.0 Å². The van der Waals surface area contributed by atoms with Crippen LogP contribution in [0.2, 0.25) is 0 Å². The van der Waals surface area contributed by atoms with Gasteiger partial charge in [0.1, 0.15) is 23.5 Å². The van der Waals surface area contributed by atoms with E-state index in [-0.39, 0.29) is 0 Å². The number of furan rings is 1. The normalized spacial score (nSPS) is 10.8. The fourth-order valence-corrected chi connectivity index (χ4v) is 2.02. The molecule has 19 heavy (non-hydrogen) atoms. The fraction of sp³-hybridized carbons (Fsp3) is 0.143. The second kappa shape index (κ2) is 4.70. The van der Waals surface area contributed by atoms with Crippen LogP contribution in [-0.2, 0) is 6.54 Å². The first-order valence-electron chi connectivity index (χ1n) is 6.01. The molecule has 96 valence electrons. The first-order chi connectivity index (χ1) is 9.29. The van der Waals surface area contributed by atoms with Gasteiger partial charge in [-0.15, -0.1) is 0 Å². The Kier molecular flexibility index (Phi) is 2.89. The molecule has 3 rings (SSSR count). The molecule has 2 aromatic heterocycles. The highest BCUT2D eigenvalue weighted by Gasteiger charge is 2.12. The van der Waals surface area contributed by atoms with Gasteiger partial charge in [-0.25, -0.2) is 9.97 Å². The molecule has 2 heterocycles. The lowest BCUT2D eigenvalue weighted by molar-refractivity contribution is 0.615. The van der Waals surface area contributed by atoms with Crippen molar-refractivity contribution in [3.63, 3.8) is 0 Å². The monoisotopic (exact) mass is 254 g/mol. The van der Waals surface area contributed by atoms with Crippen LogP contribution in [0.3, 0.4) is 0 Å². The SMILES string of the molecule is CN(c1ccnc(CN)n1)c1coc2ccccc12. The van der Waals surface area contributed by atoms with E-state index >= 15 is 0 Å². The molecule has 0 aliphatic carbocycles. The molecule has 0 aliphatic heterocycles. The average molecular weight is 254 g/mol. The van der Waals surface area contributed by atoms with E-state index in [0.29, 0.717) is 12.4 Å². The highest BCUT2D eigenvalue weighted by atomic mass is 16.3. The summed E-state index contributed by atoms with van der Waals surface area (Å²) >= 11 is 0. The Bertz CT molecular complexity index is 707. The Morgan fingerprint density at radius 3 is 2.95 bits per heavy atom. The van der Waals surface area contributed by atoms with Gasteiger partial charge in [0.2, 0.25) is 0 Å². The van der Waals surface area contributed by atoms with E-state index in [2.05, 4.69) is 9.97 Å². The van der Waals surface area contributed by atoms with Crippen molar-refractivity contribution in [1.82, 2.24) is 9.97 Å². The van der Waals surface area contributed by atoms with Gasteiger partial charge in [0, 0.05) is 18.6 Å². The summed E-state index contributed by atoms with van der Waals surface area (Å²) in [4.78, 5) is 10.5. The number of fused-ring (bicyclic) bond motifs is 1. The molecule has 0 radical (unpaired) electrons. The van der Waals surface area contributed by atoms with E-state index in [1.54, 1.807) is 12.5 Å². The topological polar surface area (TPSA) is 68.2 Å². The number of para-hydroxylation sites is 1. The van der Waals surface area contributed by atoms with Crippen molar-refractivity contribution in [3.8, 4) is 0 Å². The van der Waals surface area contributed by atoms with Gasteiger partial charge in [-0.2, -0.15) is 0 Å². The molecule has 3 aromatic rings. The highest BCUT2D eigenvalue weighted by molar-refractivity contribution is 5.92. The maximum Gasteiger partial charge on any atom is 0.144 e. The molecule has 5 nitrogen and oxygen atoms in total.